The Kier molecular flexibility index (Phi) is 3.17. The Morgan fingerprint density at radius 2 is 2.10 bits per heavy atom. The number of ether oxygens (including phenoxy) is 1. The third kappa shape index (κ3) is 2.00. The first-order chi connectivity index (χ1) is 9.93. The fraction of sp³-hybridized carbons (Fsp3) is 0.545. The van der Waals surface area contributed by atoms with Crippen LogP contribution in [0.5, 0.6) is 0 Å². The van der Waals surface area contributed by atoms with Crippen LogP contribution >= 0.6 is 0 Å². The molecule has 2 aliphatic heterocycles. The number of aliphatic hydroxyl groups is 3. The van der Waals surface area contributed by atoms with Gasteiger partial charge in [0, 0.05) is 0 Å². The first kappa shape index (κ1) is 13.9. The molecule has 10 heteroatoms. The van der Waals surface area contributed by atoms with E-state index in [1.165, 1.54) is 0 Å². The average molecular weight is 298 g/mol. The Hall–Kier alpha value is -2.01. The van der Waals surface area contributed by atoms with Crippen LogP contribution in [0.2, 0.25) is 0 Å². The smallest absolute Gasteiger partial charge is 0.258 e. The lowest BCUT2D eigenvalue weighted by atomic mass is 10.1. The lowest BCUT2D eigenvalue weighted by molar-refractivity contribution is -0.121. The zero-order valence-electron chi connectivity index (χ0n) is 10.8. The summed E-state index contributed by atoms with van der Waals surface area (Å²) in [5.41, 5.74) is 5.03. The third-order valence-electron chi connectivity index (χ3n) is 3.61. The van der Waals surface area contributed by atoms with Crippen molar-refractivity contribution in [1.82, 2.24) is 9.97 Å². The Balaban J connectivity index is 2.02. The van der Waals surface area contributed by atoms with Crippen LogP contribution in [-0.4, -0.2) is 62.3 Å². The van der Waals surface area contributed by atoms with Gasteiger partial charge < -0.3 is 25.8 Å². The van der Waals surface area contributed by atoms with Gasteiger partial charge >= 0.3 is 0 Å². The van der Waals surface area contributed by atoms with Gasteiger partial charge in [0.25, 0.3) is 5.56 Å². The van der Waals surface area contributed by atoms with Gasteiger partial charge in [-0.25, -0.2) is 0 Å². The maximum atomic E-state index is 12.1. The molecule has 1 saturated heterocycles. The topological polar surface area (TPSA) is 162 Å². The number of hydrogen-bond acceptors (Lipinski definition) is 8. The predicted octanol–water partition coefficient (Wildman–Crippen LogP) is -3.32. The molecule has 6 N–H and O–H groups in total. The number of rotatable bonds is 2. The second-order valence-corrected chi connectivity index (χ2v) is 4.92. The van der Waals surface area contributed by atoms with Crippen LogP contribution in [0.25, 0.3) is 0 Å². The number of aliphatic hydroxyl groups excluding tert-OH is 3. The second kappa shape index (κ2) is 4.77. The minimum atomic E-state index is -1.43. The fourth-order valence-corrected chi connectivity index (χ4v) is 2.57. The van der Waals surface area contributed by atoms with E-state index in [2.05, 4.69) is 9.97 Å². The van der Waals surface area contributed by atoms with Crippen LogP contribution in [0.3, 0.4) is 0 Å². The molecule has 0 radical (unpaired) electrons. The van der Waals surface area contributed by atoms with Gasteiger partial charge in [-0.1, -0.05) is 0 Å². The van der Waals surface area contributed by atoms with Gasteiger partial charge in [-0.3, -0.25) is 19.5 Å². The van der Waals surface area contributed by atoms with Crippen LogP contribution in [0, 0.1) is 0 Å². The molecule has 114 valence electrons. The number of carbonyl (C=O) groups excluding carboxylic acids is 1. The molecular weight excluding hydrogens is 284 g/mol. The highest BCUT2D eigenvalue weighted by Crippen LogP contribution is 2.32. The van der Waals surface area contributed by atoms with E-state index < -0.39 is 42.6 Å². The molecule has 1 aromatic heterocycles. The number of carbonyl (C=O) groups is 1. The maximum absolute atomic E-state index is 12.1. The molecule has 0 bridgehead atoms. The van der Waals surface area contributed by atoms with E-state index in [0.717, 1.165) is 4.90 Å². The average Bonchev–Trinajstić information content (AvgIpc) is 2.89. The Bertz CT molecular complexity index is 646. The number of aromatic amines is 1. The number of nitrogens with two attached hydrogens (primary N) is 1. The van der Waals surface area contributed by atoms with E-state index in [0.29, 0.717) is 0 Å². The normalized spacial score (nSPS) is 31.8. The number of nitrogen functional groups attached to an aromatic ring is 1. The summed E-state index contributed by atoms with van der Waals surface area (Å²) in [6.45, 7) is -0.519. The quantitative estimate of drug-likeness (QED) is 0.379. The summed E-state index contributed by atoms with van der Waals surface area (Å²) in [4.78, 5) is 31.0. The minimum absolute atomic E-state index is 0.00362. The first-order valence-corrected chi connectivity index (χ1v) is 6.27. The molecule has 1 amide bonds. The molecule has 3 rings (SSSR count). The molecule has 0 aliphatic carbocycles. The van der Waals surface area contributed by atoms with Crippen LogP contribution in [0.15, 0.2) is 4.79 Å². The Morgan fingerprint density at radius 1 is 1.38 bits per heavy atom. The van der Waals surface area contributed by atoms with Gasteiger partial charge in [-0.05, 0) is 0 Å². The van der Waals surface area contributed by atoms with E-state index in [4.69, 9.17) is 15.6 Å². The predicted molar refractivity (Wildman–Crippen MR) is 68.2 cm³/mol. The summed E-state index contributed by atoms with van der Waals surface area (Å²) >= 11 is 0. The van der Waals surface area contributed by atoms with Crippen molar-refractivity contribution in [2.24, 2.45) is 0 Å². The van der Waals surface area contributed by atoms with Crippen molar-refractivity contribution in [2.45, 2.75) is 31.0 Å². The summed E-state index contributed by atoms with van der Waals surface area (Å²) in [7, 11) is 0. The lowest BCUT2D eigenvalue weighted by Gasteiger charge is -2.25. The molecule has 4 atom stereocenters. The number of anilines is 2. The van der Waals surface area contributed by atoms with Crippen molar-refractivity contribution >= 4 is 17.7 Å². The van der Waals surface area contributed by atoms with Crippen LogP contribution in [0.4, 0.5) is 11.8 Å². The van der Waals surface area contributed by atoms with E-state index in [-0.39, 0.29) is 23.8 Å². The van der Waals surface area contributed by atoms with Gasteiger partial charge in [0.2, 0.25) is 11.9 Å². The van der Waals surface area contributed by atoms with Crippen LogP contribution < -0.4 is 16.2 Å². The summed E-state index contributed by atoms with van der Waals surface area (Å²) in [5.74, 6) is -0.690. The molecular formula is C11H14N4O6. The van der Waals surface area contributed by atoms with Crippen LogP contribution in [-0.2, 0) is 16.0 Å². The van der Waals surface area contributed by atoms with E-state index >= 15 is 0 Å². The molecule has 21 heavy (non-hydrogen) atoms. The van der Waals surface area contributed by atoms with Gasteiger partial charge in [-0.15, -0.1) is 0 Å². The molecule has 1 unspecified atom stereocenters. The van der Waals surface area contributed by atoms with Crippen molar-refractivity contribution in [3.63, 3.8) is 0 Å². The van der Waals surface area contributed by atoms with Gasteiger partial charge in [0.05, 0.1) is 18.6 Å². The van der Waals surface area contributed by atoms with Gasteiger partial charge in [0.15, 0.2) is 12.0 Å². The number of aromatic nitrogens is 2. The summed E-state index contributed by atoms with van der Waals surface area (Å²) in [5, 5.41) is 28.8. The van der Waals surface area contributed by atoms with E-state index in [1.807, 2.05) is 0 Å². The van der Waals surface area contributed by atoms with E-state index in [1.54, 1.807) is 0 Å². The minimum Gasteiger partial charge on any atom is -0.394 e. The molecule has 3 heterocycles. The number of amides is 1. The molecule has 1 aromatic rings. The van der Waals surface area contributed by atoms with Crippen molar-refractivity contribution < 1.29 is 24.9 Å². The Labute approximate surface area is 117 Å². The number of nitrogens with zero attached hydrogens (tertiary/aromatic N) is 2. The third-order valence-corrected chi connectivity index (χ3v) is 3.61. The van der Waals surface area contributed by atoms with Crippen molar-refractivity contribution in [3.05, 3.63) is 15.9 Å². The van der Waals surface area contributed by atoms with E-state index in [9.17, 15) is 19.8 Å². The summed E-state index contributed by atoms with van der Waals surface area (Å²) < 4.78 is 5.29. The van der Waals surface area contributed by atoms with Crippen molar-refractivity contribution in [1.29, 1.82) is 0 Å². The number of nitrogens with one attached hydrogen (secondary N) is 1. The SMILES string of the molecule is Nc1nc2c(c(=O)[nH]1)CC(=O)N2[C@@H]1O[C@H](CO)[C@H](O)C1O. The largest absolute Gasteiger partial charge is 0.394 e. The highest BCUT2D eigenvalue weighted by Gasteiger charge is 2.49. The van der Waals surface area contributed by atoms with Crippen molar-refractivity contribution in [3.8, 4) is 0 Å². The monoisotopic (exact) mass is 298 g/mol. The van der Waals surface area contributed by atoms with Crippen LogP contribution in [0.1, 0.15) is 5.56 Å². The second-order valence-electron chi connectivity index (χ2n) is 4.92. The fourth-order valence-electron chi connectivity index (χ4n) is 2.57. The summed E-state index contributed by atoms with van der Waals surface area (Å²) in [6.07, 6.45) is -5.25. The molecule has 0 saturated carbocycles. The molecule has 1 fully saturated rings. The standard InChI is InChI=1S/C11H14N4O6/c12-11-13-8-3(9(20)14-11)1-5(17)15(8)10-7(19)6(18)4(2-16)21-10/h4,6-7,10,16,18-19H,1-2H2,(H3,12,13,14,20)/t4-,6+,7?,10-/m1/s1. The molecule has 2 aliphatic rings. The zero-order valence-corrected chi connectivity index (χ0v) is 10.8. The number of H-pyrrole nitrogens is 1. The number of hydrogen-bond donors (Lipinski definition) is 5. The first-order valence-electron chi connectivity index (χ1n) is 6.27. The Morgan fingerprint density at radius 3 is 2.71 bits per heavy atom. The lowest BCUT2D eigenvalue weighted by Crippen LogP contribution is -2.46. The number of fused-ring (bicyclic) bond motifs is 1. The highest BCUT2D eigenvalue weighted by molar-refractivity contribution is 6.00. The molecule has 10 nitrogen and oxygen atoms in total. The highest BCUT2D eigenvalue weighted by atomic mass is 16.6. The molecule has 0 aromatic carbocycles. The zero-order chi connectivity index (χ0) is 15.3. The van der Waals surface area contributed by atoms with Gasteiger partial charge in [0.1, 0.15) is 18.3 Å². The van der Waals surface area contributed by atoms with Gasteiger partial charge in [-0.2, -0.15) is 4.98 Å². The van der Waals surface area contributed by atoms with Crippen molar-refractivity contribution in [2.75, 3.05) is 17.2 Å². The maximum Gasteiger partial charge on any atom is 0.258 e. The molecule has 0 spiro atoms. The summed E-state index contributed by atoms with van der Waals surface area (Å²) in [6, 6.07) is 0.